The van der Waals surface area contributed by atoms with Crippen LogP contribution in [0.2, 0.25) is 0 Å². The number of carbonyl (C=O) groups is 1. The molecule has 0 bridgehead atoms. The minimum atomic E-state index is -0.588. The van der Waals surface area contributed by atoms with Crippen LogP contribution in [-0.4, -0.2) is 41.7 Å². The number of hydrogen-bond acceptors (Lipinski definition) is 3. The molecule has 0 heterocycles. The van der Waals surface area contributed by atoms with Gasteiger partial charge in [0.2, 0.25) is 0 Å². The Morgan fingerprint density at radius 2 is 1.95 bits per heavy atom. The highest BCUT2D eigenvalue weighted by Crippen LogP contribution is 2.15. The van der Waals surface area contributed by atoms with Crippen molar-refractivity contribution in [1.29, 1.82) is 0 Å². The van der Waals surface area contributed by atoms with Crippen LogP contribution in [0.1, 0.15) is 29.8 Å². The summed E-state index contributed by atoms with van der Waals surface area (Å²) in [5.74, 6) is 5.53. The van der Waals surface area contributed by atoms with Crippen molar-refractivity contribution < 1.29 is 9.90 Å². The van der Waals surface area contributed by atoms with E-state index in [9.17, 15) is 9.90 Å². The summed E-state index contributed by atoms with van der Waals surface area (Å²) >= 11 is 0. The molecule has 1 rings (SSSR count). The smallest absolute Gasteiger partial charge is 0.254 e. The van der Waals surface area contributed by atoms with Gasteiger partial charge in [-0.05, 0) is 38.1 Å². The first-order chi connectivity index (χ1) is 8.92. The van der Waals surface area contributed by atoms with E-state index < -0.39 is 5.54 Å². The zero-order valence-corrected chi connectivity index (χ0v) is 11.6. The maximum absolute atomic E-state index is 12.2. The standard InChI is InChI=1S/C15H20N2O2/c1-15(2,11-18)17(3)14(19)13-8-6-12(7-9-13)5-4-10-16/h6-9,18H,10-11,16H2,1-3H3. The summed E-state index contributed by atoms with van der Waals surface area (Å²) in [7, 11) is 1.68. The SMILES string of the molecule is CN(C(=O)c1ccc(C#CCN)cc1)C(C)(C)CO. The van der Waals surface area contributed by atoms with E-state index in [0.29, 0.717) is 12.1 Å². The van der Waals surface area contributed by atoms with Gasteiger partial charge in [-0.25, -0.2) is 0 Å². The van der Waals surface area contributed by atoms with Crippen LogP contribution < -0.4 is 5.73 Å². The fraction of sp³-hybridized carbons (Fsp3) is 0.400. The third-order valence-corrected chi connectivity index (χ3v) is 3.07. The second-order valence-corrected chi connectivity index (χ2v) is 4.92. The van der Waals surface area contributed by atoms with Gasteiger partial charge in [-0.3, -0.25) is 4.79 Å². The average molecular weight is 260 g/mol. The van der Waals surface area contributed by atoms with Gasteiger partial charge >= 0.3 is 0 Å². The highest BCUT2D eigenvalue weighted by atomic mass is 16.3. The van der Waals surface area contributed by atoms with E-state index >= 15 is 0 Å². The summed E-state index contributed by atoms with van der Waals surface area (Å²) in [5, 5.41) is 9.28. The molecule has 0 saturated carbocycles. The maximum Gasteiger partial charge on any atom is 0.254 e. The molecule has 0 unspecified atom stereocenters. The van der Waals surface area contributed by atoms with Gasteiger partial charge in [-0.2, -0.15) is 0 Å². The Morgan fingerprint density at radius 1 is 1.37 bits per heavy atom. The van der Waals surface area contributed by atoms with Crippen LogP contribution in [0.5, 0.6) is 0 Å². The molecule has 1 aromatic rings. The van der Waals surface area contributed by atoms with Crippen LogP contribution in [0.15, 0.2) is 24.3 Å². The van der Waals surface area contributed by atoms with Crippen molar-refractivity contribution in [2.24, 2.45) is 5.73 Å². The number of nitrogens with two attached hydrogens (primary N) is 1. The Kier molecular flexibility index (Phi) is 5.11. The van der Waals surface area contributed by atoms with Crippen LogP contribution in [0.4, 0.5) is 0 Å². The zero-order chi connectivity index (χ0) is 14.5. The summed E-state index contributed by atoms with van der Waals surface area (Å²) in [4.78, 5) is 13.8. The van der Waals surface area contributed by atoms with Crippen molar-refractivity contribution in [3.8, 4) is 11.8 Å². The Labute approximate surface area is 114 Å². The molecule has 19 heavy (non-hydrogen) atoms. The van der Waals surface area contributed by atoms with E-state index in [1.807, 2.05) is 13.8 Å². The van der Waals surface area contributed by atoms with Gasteiger partial charge in [0.25, 0.3) is 5.91 Å². The minimum Gasteiger partial charge on any atom is -0.394 e. The number of likely N-dealkylation sites (N-methyl/N-ethyl adjacent to an activating group) is 1. The van der Waals surface area contributed by atoms with E-state index in [1.54, 1.807) is 31.3 Å². The van der Waals surface area contributed by atoms with E-state index in [-0.39, 0.29) is 12.5 Å². The lowest BCUT2D eigenvalue weighted by atomic mass is 10.0. The van der Waals surface area contributed by atoms with Gasteiger partial charge in [0.05, 0.1) is 18.7 Å². The summed E-state index contributed by atoms with van der Waals surface area (Å²) in [6.07, 6.45) is 0. The largest absolute Gasteiger partial charge is 0.394 e. The Balaban J connectivity index is 2.89. The molecule has 0 atom stereocenters. The molecule has 0 aliphatic carbocycles. The molecule has 0 fully saturated rings. The number of amides is 1. The Morgan fingerprint density at radius 3 is 2.42 bits per heavy atom. The van der Waals surface area contributed by atoms with Gasteiger partial charge < -0.3 is 15.7 Å². The summed E-state index contributed by atoms with van der Waals surface area (Å²) < 4.78 is 0. The normalized spacial score (nSPS) is 10.6. The first kappa shape index (κ1) is 15.2. The van der Waals surface area contributed by atoms with Crippen LogP contribution in [0.25, 0.3) is 0 Å². The zero-order valence-electron chi connectivity index (χ0n) is 11.6. The van der Waals surface area contributed by atoms with Gasteiger partial charge in [0.15, 0.2) is 0 Å². The molecule has 0 aromatic heterocycles. The van der Waals surface area contributed by atoms with E-state index in [0.717, 1.165) is 5.56 Å². The maximum atomic E-state index is 12.2. The van der Waals surface area contributed by atoms with Crippen LogP contribution in [0, 0.1) is 11.8 Å². The van der Waals surface area contributed by atoms with Crippen molar-refractivity contribution >= 4 is 5.91 Å². The Bertz CT molecular complexity index is 495. The predicted octanol–water partition coefficient (Wildman–Crippen LogP) is 0.840. The van der Waals surface area contributed by atoms with Gasteiger partial charge in [-0.1, -0.05) is 11.8 Å². The second-order valence-electron chi connectivity index (χ2n) is 4.92. The van der Waals surface area contributed by atoms with Crippen LogP contribution in [0.3, 0.4) is 0 Å². The quantitative estimate of drug-likeness (QED) is 0.791. The topological polar surface area (TPSA) is 66.6 Å². The lowest BCUT2D eigenvalue weighted by molar-refractivity contribution is 0.0473. The third-order valence-electron chi connectivity index (χ3n) is 3.07. The molecular formula is C15H20N2O2. The molecule has 0 spiro atoms. The summed E-state index contributed by atoms with van der Waals surface area (Å²) in [5.41, 5.74) is 6.11. The van der Waals surface area contributed by atoms with Gasteiger partial charge in [0, 0.05) is 18.2 Å². The molecule has 4 heteroatoms. The fourth-order valence-electron chi connectivity index (χ4n) is 1.42. The molecule has 3 N–H and O–H groups in total. The number of carbonyl (C=O) groups excluding carboxylic acids is 1. The van der Waals surface area contributed by atoms with Crippen molar-refractivity contribution in [1.82, 2.24) is 4.90 Å². The summed E-state index contributed by atoms with van der Waals surface area (Å²) in [6, 6.07) is 7.03. The number of benzene rings is 1. The number of hydrogen-bond donors (Lipinski definition) is 2. The minimum absolute atomic E-state index is 0.0880. The number of aliphatic hydroxyl groups is 1. The molecule has 4 nitrogen and oxygen atoms in total. The Hall–Kier alpha value is -1.83. The van der Waals surface area contributed by atoms with Crippen LogP contribution >= 0.6 is 0 Å². The molecule has 1 aromatic carbocycles. The van der Waals surface area contributed by atoms with Crippen LogP contribution in [-0.2, 0) is 0 Å². The van der Waals surface area contributed by atoms with E-state index in [4.69, 9.17) is 5.73 Å². The average Bonchev–Trinajstić information content (AvgIpc) is 2.44. The number of rotatable bonds is 3. The first-order valence-electron chi connectivity index (χ1n) is 6.10. The monoisotopic (exact) mass is 260 g/mol. The predicted molar refractivity (Wildman–Crippen MR) is 75.6 cm³/mol. The fourth-order valence-corrected chi connectivity index (χ4v) is 1.42. The first-order valence-corrected chi connectivity index (χ1v) is 6.10. The lowest BCUT2D eigenvalue weighted by Crippen LogP contribution is -2.47. The number of aliphatic hydroxyl groups excluding tert-OH is 1. The molecule has 0 saturated heterocycles. The van der Waals surface area contributed by atoms with Gasteiger partial charge in [-0.15, -0.1) is 0 Å². The highest BCUT2D eigenvalue weighted by molar-refractivity contribution is 5.94. The van der Waals surface area contributed by atoms with Crippen molar-refractivity contribution in [3.63, 3.8) is 0 Å². The lowest BCUT2D eigenvalue weighted by Gasteiger charge is -2.34. The van der Waals surface area contributed by atoms with Crippen molar-refractivity contribution in [2.45, 2.75) is 19.4 Å². The van der Waals surface area contributed by atoms with Gasteiger partial charge in [0.1, 0.15) is 0 Å². The molecule has 0 aliphatic heterocycles. The molecule has 0 aliphatic rings. The van der Waals surface area contributed by atoms with E-state index in [2.05, 4.69) is 11.8 Å². The third kappa shape index (κ3) is 3.82. The molecular weight excluding hydrogens is 240 g/mol. The molecule has 1 amide bonds. The molecule has 102 valence electrons. The second kappa shape index (κ2) is 6.37. The van der Waals surface area contributed by atoms with Crippen molar-refractivity contribution in [3.05, 3.63) is 35.4 Å². The van der Waals surface area contributed by atoms with Crippen molar-refractivity contribution in [2.75, 3.05) is 20.2 Å². The van der Waals surface area contributed by atoms with E-state index in [1.165, 1.54) is 4.90 Å². The summed E-state index contributed by atoms with van der Waals surface area (Å²) in [6.45, 7) is 3.85. The molecule has 0 radical (unpaired) electrons. The highest BCUT2D eigenvalue weighted by Gasteiger charge is 2.27. The number of nitrogens with zero attached hydrogens (tertiary/aromatic N) is 1.